The largest absolute Gasteiger partial charge is 0.508 e. The van der Waals surface area contributed by atoms with Gasteiger partial charge in [-0.3, -0.25) is 4.79 Å². The van der Waals surface area contributed by atoms with E-state index in [1.165, 1.54) is 0 Å². The van der Waals surface area contributed by atoms with Crippen LogP contribution >= 0.6 is 0 Å². The van der Waals surface area contributed by atoms with Crippen molar-refractivity contribution in [1.82, 2.24) is 4.98 Å². The van der Waals surface area contributed by atoms with Gasteiger partial charge in [-0.2, -0.15) is 0 Å². The van der Waals surface area contributed by atoms with Gasteiger partial charge in [0.1, 0.15) is 5.75 Å². The molecule has 2 N–H and O–H groups in total. The molecular weight excluding hydrogens is 190 g/mol. The zero-order valence-corrected chi connectivity index (χ0v) is 8.74. The molecule has 0 amide bonds. The number of aromatic hydroxyl groups is 1. The molecule has 0 aliphatic heterocycles. The smallest absolute Gasteiger partial charge is 0.181 e. The van der Waals surface area contributed by atoms with E-state index in [4.69, 9.17) is 0 Å². The Morgan fingerprint density at radius 1 is 1.33 bits per heavy atom. The Bertz CT molecular complexity index is 511. The lowest BCUT2D eigenvalue weighted by Crippen LogP contribution is -2.07. The Morgan fingerprint density at radius 2 is 2.07 bits per heavy atom. The Balaban J connectivity index is 2.52. The van der Waals surface area contributed by atoms with Crippen LogP contribution in [0.25, 0.3) is 10.9 Å². The molecule has 0 bridgehead atoms. The van der Waals surface area contributed by atoms with Crippen LogP contribution in [0.5, 0.6) is 5.75 Å². The molecule has 2 rings (SSSR count). The third kappa shape index (κ3) is 1.73. The van der Waals surface area contributed by atoms with Gasteiger partial charge in [-0.15, -0.1) is 0 Å². The third-order valence-electron chi connectivity index (χ3n) is 2.39. The Hall–Kier alpha value is -1.77. The number of carbonyl (C=O) groups is 1. The predicted molar refractivity (Wildman–Crippen MR) is 59.1 cm³/mol. The summed E-state index contributed by atoms with van der Waals surface area (Å²) in [6.45, 7) is 3.73. The first-order chi connectivity index (χ1) is 7.08. The van der Waals surface area contributed by atoms with Crippen LogP contribution in [0.3, 0.4) is 0 Å². The first-order valence-corrected chi connectivity index (χ1v) is 4.94. The number of aromatic amines is 1. The zero-order chi connectivity index (χ0) is 11.0. The first-order valence-electron chi connectivity index (χ1n) is 4.94. The van der Waals surface area contributed by atoms with Gasteiger partial charge in [0.15, 0.2) is 5.78 Å². The summed E-state index contributed by atoms with van der Waals surface area (Å²) < 4.78 is 0. The number of Topliss-reactive ketones (excluding diaryl/α,β-unsaturated/α-hetero) is 1. The molecule has 0 saturated heterocycles. The third-order valence-corrected chi connectivity index (χ3v) is 2.39. The van der Waals surface area contributed by atoms with Crippen molar-refractivity contribution in [3.8, 4) is 5.75 Å². The minimum absolute atomic E-state index is 0.0216. The van der Waals surface area contributed by atoms with Crippen molar-refractivity contribution >= 4 is 16.7 Å². The number of aromatic nitrogens is 1. The summed E-state index contributed by atoms with van der Waals surface area (Å²) in [7, 11) is 0. The number of phenolic OH excluding ortho intramolecular Hbond substituents is 1. The number of phenols is 1. The molecule has 3 heteroatoms. The normalized spacial score (nSPS) is 11.1. The number of hydrogen-bond acceptors (Lipinski definition) is 2. The van der Waals surface area contributed by atoms with Gasteiger partial charge in [0.2, 0.25) is 0 Å². The molecule has 0 saturated carbocycles. The maximum Gasteiger partial charge on any atom is 0.181 e. The van der Waals surface area contributed by atoms with E-state index in [2.05, 4.69) is 4.98 Å². The molecule has 1 aromatic carbocycles. The van der Waals surface area contributed by atoms with Crippen molar-refractivity contribution in [2.24, 2.45) is 5.92 Å². The molecule has 0 aliphatic rings. The molecule has 0 aliphatic carbocycles. The second-order valence-electron chi connectivity index (χ2n) is 3.97. The Labute approximate surface area is 87.7 Å². The summed E-state index contributed by atoms with van der Waals surface area (Å²) in [5.41, 5.74) is 1.47. The topological polar surface area (TPSA) is 53.1 Å². The van der Waals surface area contributed by atoms with E-state index in [9.17, 15) is 9.90 Å². The van der Waals surface area contributed by atoms with E-state index in [0.717, 1.165) is 10.9 Å². The number of benzene rings is 1. The van der Waals surface area contributed by atoms with Crippen molar-refractivity contribution in [2.45, 2.75) is 13.8 Å². The molecule has 0 spiro atoms. The molecule has 0 fully saturated rings. The van der Waals surface area contributed by atoms with Gasteiger partial charge in [0, 0.05) is 16.8 Å². The van der Waals surface area contributed by atoms with E-state index in [1.807, 2.05) is 13.8 Å². The van der Waals surface area contributed by atoms with Gasteiger partial charge in [-0.1, -0.05) is 13.8 Å². The maximum absolute atomic E-state index is 11.7. The fourth-order valence-corrected chi connectivity index (χ4v) is 1.56. The van der Waals surface area contributed by atoms with Crippen LogP contribution in [0, 0.1) is 5.92 Å². The number of nitrogens with one attached hydrogen (secondary N) is 1. The molecule has 3 nitrogen and oxygen atoms in total. The van der Waals surface area contributed by atoms with Gasteiger partial charge in [-0.05, 0) is 24.3 Å². The van der Waals surface area contributed by atoms with E-state index in [0.29, 0.717) is 5.69 Å². The van der Waals surface area contributed by atoms with Gasteiger partial charge < -0.3 is 10.1 Å². The lowest BCUT2D eigenvalue weighted by atomic mass is 10.1. The summed E-state index contributed by atoms with van der Waals surface area (Å²) in [5.74, 6) is 0.280. The molecule has 2 aromatic rings. The minimum Gasteiger partial charge on any atom is -0.508 e. The molecular formula is C12H13NO2. The van der Waals surface area contributed by atoms with Gasteiger partial charge in [0.25, 0.3) is 0 Å². The highest BCUT2D eigenvalue weighted by Crippen LogP contribution is 2.21. The molecule has 78 valence electrons. The lowest BCUT2D eigenvalue weighted by Gasteiger charge is -1.99. The highest BCUT2D eigenvalue weighted by atomic mass is 16.3. The van der Waals surface area contributed by atoms with Crippen molar-refractivity contribution in [1.29, 1.82) is 0 Å². The van der Waals surface area contributed by atoms with Crippen molar-refractivity contribution < 1.29 is 9.90 Å². The van der Waals surface area contributed by atoms with Crippen LogP contribution < -0.4 is 0 Å². The average molecular weight is 203 g/mol. The second-order valence-corrected chi connectivity index (χ2v) is 3.97. The first kappa shape index (κ1) is 9.77. The monoisotopic (exact) mass is 203 g/mol. The van der Waals surface area contributed by atoms with Crippen LogP contribution in [0.15, 0.2) is 24.3 Å². The lowest BCUT2D eigenvalue weighted by molar-refractivity contribution is 0.0935. The van der Waals surface area contributed by atoms with Crippen molar-refractivity contribution in [2.75, 3.05) is 0 Å². The number of fused-ring (bicyclic) bond motifs is 1. The highest BCUT2D eigenvalue weighted by Gasteiger charge is 2.12. The summed E-state index contributed by atoms with van der Waals surface area (Å²) >= 11 is 0. The van der Waals surface area contributed by atoms with E-state index in [-0.39, 0.29) is 17.5 Å². The molecule has 0 unspecified atom stereocenters. The summed E-state index contributed by atoms with van der Waals surface area (Å²) in [4.78, 5) is 14.7. The van der Waals surface area contributed by atoms with Gasteiger partial charge in [0.05, 0.1) is 5.69 Å². The fraction of sp³-hybridized carbons (Fsp3) is 0.250. The minimum atomic E-state index is -0.0216. The van der Waals surface area contributed by atoms with E-state index >= 15 is 0 Å². The molecule has 15 heavy (non-hydrogen) atoms. The summed E-state index contributed by atoms with van der Waals surface area (Å²) in [6, 6.07) is 6.78. The van der Waals surface area contributed by atoms with Gasteiger partial charge >= 0.3 is 0 Å². The SMILES string of the molecule is CC(C)C(=O)c1cc2cc(O)ccc2[nH]1. The Kier molecular flexibility index (Phi) is 2.23. The second kappa shape index (κ2) is 3.42. The van der Waals surface area contributed by atoms with Crippen molar-refractivity contribution in [3.05, 3.63) is 30.0 Å². The van der Waals surface area contributed by atoms with Crippen LogP contribution in [0.2, 0.25) is 0 Å². The molecule has 0 atom stereocenters. The maximum atomic E-state index is 11.7. The van der Waals surface area contributed by atoms with Gasteiger partial charge in [-0.25, -0.2) is 0 Å². The summed E-state index contributed by atoms with van der Waals surface area (Å²) in [6.07, 6.45) is 0. The zero-order valence-electron chi connectivity index (χ0n) is 8.74. The predicted octanol–water partition coefficient (Wildman–Crippen LogP) is 2.71. The average Bonchev–Trinajstić information content (AvgIpc) is 2.58. The van der Waals surface area contributed by atoms with E-state index < -0.39 is 0 Å². The fourth-order valence-electron chi connectivity index (χ4n) is 1.56. The van der Waals surface area contributed by atoms with Crippen LogP contribution in [0.4, 0.5) is 0 Å². The summed E-state index contributed by atoms with van der Waals surface area (Å²) in [5, 5.41) is 10.1. The number of ketones is 1. The number of hydrogen-bond donors (Lipinski definition) is 2. The van der Waals surface area contributed by atoms with Crippen molar-refractivity contribution in [3.63, 3.8) is 0 Å². The quantitative estimate of drug-likeness (QED) is 0.737. The van der Waals surface area contributed by atoms with Crippen LogP contribution in [0.1, 0.15) is 24.3 Å². The number of H-pyrrole nitrogens is 1. The molecule has 1 aromatic heterocycles. The number of carbonyl (C=O) groups excluding carboxylic acids is 1. The number of rotatable bonds is 2. The standard InChI is InChI=1S/C12H13NO2/c1-7(2)12(15)11-6-8-5-9(14)3-4-10(8)13-11/h3-7,13-14H,1-2H3. The van der Waals surface area contributed by atoms with Crippen LogP contribution in [-0.4, -0.2) is 15.9 Å². The Morgan fingerprint density at radius 3 is 2.73 bits per heavy atom. The van der Waals surface area contributed by atoms with Crippen LogP contribution in [-0.2, 0) is 0 Å². The van der Waals surface area contributed by atoms with E-state index in [1.54, 1.807) is 24.3 Å². The molecule has 1 heterocycles. The highest BCUT2D eigenvalue weighted by molar-refractivity contribution is 6.00. The molecule has 0 radical (unpaired) electrons.